The summed E-state index contributed by atoms with van der Waals surface area (Å²) in [5, 5.41) is 2.89. The Hall–Kier alpha value is -3.22. The smallest absolute Gasteiger partial charge is 0.342 e. The standard InChI is InChI=1S/C24H29NO6/c1-15(17-10-9-16-7-5-6-8-18(16)13-17)25-21(26)14-31-24(27)19-11-12-20(28-2)23(30-4)22(19)29-3/h9-13,15H,5-8,14H2,1-4H3,(H,25,26)/t15-/m0/s1. The summed E-state index contributed by atoms with van der Waals surface area (Å²) in [6.07, 6.45) is 4.63. The van der Waals surface area contributed by atoms with Gasteiger partial charge in [0.25, 0.3) is 5.91 Å². The molecule has 0 saturated heterocycles. The summed E-state index contributed by atoms with van der Waals surface area (Å²) in [7, 11) is 4.36. The molecule has 1 amide bonds. The number of hydrogen-bond donors (Lipinski definition) is 1. The van der Waals surface area contributed by atoms with E-state index in [0.717, 1.165) is 18.4 Å². The number of ether oxygens (including phenoxy) is 4. The van der Waals surface area contributed by atoms with E-state index in [9.17, 15) is 9.59 Å². The molecule has 2 aromatic carbocycles. The highest BCUT2D eigenvalue weighted by Crippen LogP contribution is 2.39. The Balaban J connectivity index is 1.61. The number of benzene rings is 2. The van der Waals surface area contributed by atoms with Crippen molar-refractivity contribution >= 4 is 11.9 Å². The number of esters is 1. The molecule has 1 N–H and O–H groups in total. The van der Waals surface area contributed by atoms with Gasteiger partial charge in [-0.15, -0.1) is 0 Å². The molecule has 0 spiro atoms. The third-order valence-corrected chi connectivity index (χ3v) is 5.51. The number of methoxy groups -OCH3 is 3. The molecule has 0 aliphatic heterocycles. The maximum Gasteiger partial charge on any atom is 0.342 e. The van der Waals surface area contributed by atoms with Crippen LogP contribution in [-0.2, 0) is 22.4 Å². The highest BCUT2D eigenvalue weighted by atomic mass is 16.5. The van der Waals surface area contributed by atoms with Crippen LogP contribution >= 0.6 is 0 Å². The number of nitrogens with one attached hydrogen (secondary N) is 1. The molecule has 31 heavy (non-hydrogen) atoms. The highest BCUT2D eigenvalue weighted by Gasteiger charge is 2.23. The third-order valence-electron chi connectivity index (χ3n) is 5.51. The number of carbonyl (C=O) groups excluding carboxylic acids is 2. The van der Waals surface area contributed by atoms with E-state index in [1.165, 1.54) is 51.4 Å². The van der Waals surface area contributed by atoms with Crippen molar-refractivity contribution in [2.45, 2.75) is 38.6 Å². The van der Waals surface area contributed by atoms with Gasteiger partial charge < -0.3 is 24.3 Å². The van der Waals surface area contributed by atoms with E-state index in [4.69, 9.17) is 18.9 Å². The zero-order chi connectivity index (χ0) is 22.4. The first-order chi connectivity index (χ1) is 15.0. The predicted molar refractivity (Wildman–Crippen MR) is 116 cm³/mol. The van der Waals surface area contributed by atoms with Gasteiger partial charge in [0, 0.05) is 0 Å². The fourth-order valence-corrected chi connectivity index (χ4v) is 3.86. The summed E-state index contributed by atoms with van der Waals surface area (Å²) < 4.78 is 21.0. The van der Waals surface area contributed by atoms with Crippen LogP contribution in [0.3, 0.4) is 0 Å². The zero-order valence-corrected chi connectivity index (χ0v) is 18.4. The lowest BCUT2D eigenvalue weighted by molar-refractivity contribution is -0.124. The van der Waals surface area contributed by atoms with Crippen LogP contribution in [0.1, 0.15) is 52.9 Å². The summed E-state index contributed by atoms with van der Waals surface area (Å²) in [6, 6.07) is 9.27. The number of aryl methyl sites for hydroxylation is 2. The predicted octanol–water partition coefficient (Wildman–Crippen LogP) is 3.63. The normalized spacial score (nSPS) is 13.5. The SMILES string of the molecule is COc1ccc(C(=O)OCC(=O)N[C@@H](C)c2ccc3c(c2)CCCC3)c(OC)c1OC. The van der Waals surface area contributed by atoms with Gasteiger partial charge >= 0.3 is 5.97 Å². The van der Waals surface area contributed by atoms with Crippen LogP contribution in [0.5, 0.6) is 17.2 Å². The van der Waals surface area contributed by atoms with Gasteiger partial charge in [0.15, 0.2) is 18.1 Å². The van der Waals surface area contributed by atoms with Gasteiger partial charge in [-0.2, -0.15) is 0 Å². The number of amides is 1. The second-order valence-corrected chi connectivity index (χ2v) is 7.48. The van der Waals surface area contributed by atoms with E-state index in [2.05, 4.69) is 23.5 Å². The molecule has 1 atom stereocenters. The fourth-order valence-electron chi connectivity index (χ4n) is 3.86. The summed E-state index contributed by atoms with van der Waals surface area (Å²) in [5.74, 6) is -0.167. The first-order valence-electron chi connectivity index (χ1n) is 10.4. The number of hydrogen-bond acceptors (Lipinski definition) is 6. The third kappa shape index (κ3) is 5.10. The van der Waals surface area contributed by atoms with E-state index >= 15 is 0 Å². The average molecular weight is 427 g/mol. The molecule has 0 aromatic heterocycles. The molecule has 1 aliphatic rings. The number of rotatable bonds is 8. The molecule has 0 heterocycles. The molecule has 166 valence electrons. The molecule has 0 radical (unpaired) electrons. The van der Waals surface area contributed by atoms with Gasteiger partial charge in [0.2, 0.25) is 5.75 Å². The van der Waals surface area contributed by atoms with Crippen molar-refractivity contribution in [2.75, 3.05) is 27.9 Å². The summed E-state index contributed by atoms with van der Waals surface area (Å²) >= 11 is 0. The molecule has 0 saturated carbocycles. The molecule has 2 aromatic rings. The second-order valence-electron chi connectivity index (χ2n) is 7.48. The Morgan fingerprint density at radius 2 is 1.65 bits per heavy atom. The van der Waals surface area contributed by atoms with Crippen molar-refractivity contribution < 1.29 is 28.5 Å². The van der Waals surface area contributed by atoms with E-state index in [1.54, 1.807) is 6.07 Å². The van der Waals surface area contributed by atoms with Crippen LogP contribution in [0, 0.1) is 0 Å². The molecule has 0 unspecified atom stereocenters. The van der Waals surface area contributed by atoms with Gasteiger partial charge in [-0.3, -0.25) is 4.79 Å². The first kappa shape index (κ1) is 22.5. The van der Waals surface area contributed by atoms with E-state index in [1.807, 2.05) is 6.92 Å². The molecule has 1 aliphatic carbocycles. The Morgan fingerprint density at radius 3 is 2.32 bits per heavy atom. The molecule has 0 bridgehead atoms. The lowest BCUT2D eigenvalue weighted by Crippen LogP contribution is -2.31. The zero-order valence-electron chi connectivity index (χ0n) is 18.4. The van der Waals surface area contributed by atoms with Gasteiger partial charge in [-0.05, 0) is 61.4 Å². The van der Waals surface area contributed by atoms with Gasteiger partial charge in [-0.1, -0.05) is 18.2 Å². The van der Waals surface area contributed by atoms with Crippen molar-refractivity contribution in [1.29, 1.82) is 0 Å². The van der Waals surface area contributed by atoms with Crippen LogP contribution in [0.2, 0.25) is 0 Å². The van der Waals surface area contributed by atoms with Crippen LogP contribution in [0.4, 0.5) is 0 Å². The van der Waals surface area contributed by atoms with Crippen molar-refractivity contribution in [2.24, 2.45) is 0 Å². The van der Waals surface area contributed by atoms with E-state index in [-0.39, 0.29) is 29.0 Å². The molecule has 7 heteroatoms. The molecule has 7 nitrogen and oxygen atoms in total. The van der Waals surface area contributed by atoms with E-state index in [0.29, 0.717) is 5.75 Å². The fraction of sp³-hybridized carbons (Fsp3) is 0.417. The maximum absolute atomic E-state index is 12.5. The van der Waals surface area contributed by atoms with Gasteiger partial charge in [-0.25, -0.2) is 4.79 Å². The summed E-state index contributed by atoms with van der Waals surface area (Å²) in [4.78, 5) is 24.9. The van der Waals surface area contributed by atoms with Crippen molar-refractivity contribution in [3.05, 3.63) is 52.6 Å². The van der Waals surface area contributed by atoms with Gasteiger partial charge in [0.05, 0.1) is 27.4 Å². The topological polar surface area (TPSA) is 83.1 Å². The minimum atomic E-state index is -0.686. The lowest BCUT2D eigenvalue weighted by Gasteiger charge is -2.20. The number of fused-ring (bicyclic) bond motifs is 1. The Morgan fingerprint density at radius 1 is 0.935 bits per heavy atom. The quantitative estimate of drug-likeness (QED) is 0.648. The summed E-state index contributed by atoms with van der Waals surface area (Å²) in [6.45, 7) is 1.52. The Labute approximate surface area is 182 Å². The monoisotopic (exact) mass is 427 g/mol. The second kappa shape index (κ2) is 10.2. The molecule has 3 rings (SSSR count). The minimum Gasteiger partial charge on any atom is -0.493 e. The summed E-state index contributed by atoms with van der Waals surface area (Å²) in [5.41, 5.74) is 3.95. The molecular formula is C24H29NO6. The minimum absolute atomic E-state index is 0.149. The van der Waals surface area contributed by atoms with Crippen molar-refractivity contribution in [3.8, 4) is 17.2 Å². The highest BCUT2D eigenvalue weighted by molar-refractivity contribution is 5.95. The van der Waals surface area contributed by atoms with Crippen LogP contribution in [0.25, 0.3) is 0 Å². The van der Waals surface area contributed by atoms with Crippen molar-refractivity contribution in [1.82, 2.24) is 5.32 Å². The molecular weight excluding hydrogens is 398 g/mol. The van der Waals surface area contributed by atoms with Crippen LogP contribution in [0.15, 0.2) is 30.3 Å². The van der Waals surface area contributed by atoms with Crippen LogP contribution in [-0.4, -0.2) is 39.8 Å². The lowest BCUT2D eigenvalue weighted by atomic mass is 9.89. The number of carbonyl (C=O) groups is 2. The van der Waals surface area contributed by atoms with Gasteiger partial charge in [0.1, 0.15) is 5.56 Å². The molecule has 0 fully saturated rings. The average Bonchev–Trinajstić information content (AvgIpc) is 2.80. The first-order valence-corrected chi connectivity index (χ1v) is 10.4. The Kier molecular flexibility index (Phi) is 7.39. The maximum atomic E-state index is 12.5. The van der Waals surface area contributed by atoms with Crippen molar-refractivity contribution in [3.63, 3.8) is 0 Å². The largest absolute Gasteiger partial charge is 0.493 e. The van der Waals surface area contributed by atoms with E-state index < -0.39 is 12.6 Å². The Bertz CT molecular complexity index is 955. The van der Waals surface area contributed by atoms with Crippen LogP contribution < -0.4 is 19.5 Å².